The largest absolute Gasteiger partial charge is 0.394 e. The molecule has 25 heavy (non-hydrogen) atoms. The Bertz CT molecular complexity index is 552. The van der Waals surface area contributed by atoms with Crippen LogP contribution in [-0.4, -0.2) is 69.9 Å². The summed E-state index contributed by atoms with van der Waals surface area (Å²) in [6.45, 7) is 9.03. The number of likely N-dealkylation sites (tertiary alicyclic amines) is 1. The molecule has 0 radical (unpaired) electrons. The number of rotatable bonds is 8. The van der Waals surface area contributed by atoms with Crippen molar-refractivity contribution < 1.29 is 9.90 Å². The minimum Gasteiger partial charge on any atom is -0.394 e. The molecule has 0 bridgehead atoms. The number of amides is 1. The summed E-state index contributed by atoms with van der Waals surface area (Å²) in [5.41, 5.74) is 1.44. The number of unbranched alkanes of at least 4 members (excludes halogenated alkanes) is 1. The van der Waals surface area contributed by atoms with Gasteiger partial charge in [-0.05, 0) is 44.8 Å². The summed E-state index contributed by atoms with van der Waals surface area (Å²) in [5.74, 6) is 0.681. The maximum Gasteiger partial charge on any atom is 0.274 e. The van der Waals surface area contributed by atoms with Gasteiger partial charge in [-0.25, -0.2) is 0 Å². The zero-order valence-corrected chi connectivity index (χ0v) is 16.4. The summed E-state index contributed by atoms with van der Waals surface area (Å²) >= 11 is 0. The predicted molar refractivity (Wildman–Crippen MR) is 99.5 cm³/mol. The van der Waals surface area contributed by atoms with Crippen molar-refractivity contribution in [1.82, 2.24) is 19.6 Å². The van der Waals surface area contributed by atoms with Gasteiger partial charge in [-0.1, -0.05) is 26.7 Å². The summed E-state index contributed by atoms with van der Waals surface area (Å²) in [6, 6.07) is 1.71. The van der Waals surface area contributed by atoms with Gasteiger partial charge in [0.25, 0.3) is 5.91 Å². The maximum atomic E-state index is 13.0. The van der Waals surface area contributed by atoms with E-state index in [4.69, 9.17) is 0 Å². The van der Waals surface area contributed by atoms with Gasteiger partial charge in [0.05, 0.1) is 12.6 Å². The fraction of sp³-hybridized carbons (Fsp3) is 0.789. The van der Waals surface area contributed by atoms with Gasteiger partial charge in [-0.15, -0.1) is 0 Å². The molecule has 1 aromatic heterocycles. The highest BCUT2D eigenvalue weighted by atomic mass is 16.3. The quantitative estimate of drug-likeness (QED) is 0.778. The van der Waals surface area contributed by atoms with Crippen LogP contribution in [0.3, 0.4) is 0 Å². The zero-order valence-electron chi connectivity index (χ0n) is 16.4. The third-order valence-electron chi connectivity index (χ3n) is 5.65. The van der Waals surface area contributed by atoms with E-state index in [2.05, 4.69) is 30.9 Å². The first-order valence-corrected chi connectivity index (χ1v) is 9.53. The molecule has 0 spiro atoms. The molecule has 1 saturated heterocycles. The van der Waals surface area contributed by atoms with Crippen LogP contribution in [0.1, 0.15) is 49.3 Å². The number of aryl methyl sites for hydroxylation is 2. The molecule has 0 unspecified atom stereocenters. The summed E-state index contributed by atoms with van der Waals surface area (Å²) in [4.78, 5) is 17.2. The first kappa shape index (κ1) is 19.9. The van der Waals surface area contributed by atoms with Crippen LogP contribution in [0.15, 0.2) is 6.07 Å². The monoisotopic (exact) mass is 350 g/mol. The van der Waals surface area contributed by atoms with Gasteiger partial charge in [-0.2, -0.15) is 5.10 Å². The second-order valence-corrected chi connectivity index (χ2v) is 7.45. The predicted octanol–water partition coefficient (Wildman–Crippen LogP) is 1.92. The third kappa shape index (κ3) is 4.42. The van der Waals surface area contributed by atoms with E-state index < -0.39 is 0 Å². The van der Waals surface area contributed by atoms with Crippen molar-refractivity contribution in [3.63, 3.8) is 0 Å². The first-order chi connectivity index (χ1) is 11.9. The molecule has 1 aliphatic heterocycles. The number of aliphatic hydroxyl groups is 1. The Morgan fingerprint density at radius 2 is 2.16 bits per heavy atom. The lowest BCUT2D eigenvalue weighted by atomic mass is 9.88. The van der Waals surface area contributed by atoms with E-state index in [1.807, 2.05) is 24.9 Å². The number of nitrogens with zero attached hydrogens (tertiary/aromatic N) is 4. The lowest BCUT2D eigenvalue weighted by molar-refractivity contribution is 0.0616. The maximum absolute atomic E-state index is 13.0. The average Bonchev–Trinajstić information content (AvgIpc) is 3.12. The number of aliphatic hydroxyl groups excluding tert-OH is 1. The normalized spacial score (nSPS) is 23.6. The molecule has 1 aliphatic rings. The molecule has 6 nitrogen and oxygen atoms in total. The highest BCUT2D eigenvalue weighted by Gasteiger charge is 2.43. The molecule has 3 atom stereocenters. The third-order valence-corrected chi connectivity index (χ3v) is 5.65. The van der Waals surface area contributed by atoms with Crippen molar-refractivity contribution in [2.24, 2.45) is 18.9 Å². The Balaban J connectivity index is 2.15. The van der Waals surface area contributed by atoms with E-state index in [-0.39, 0.29) is 18.6 Å². The van der Waals surface area contributed by atoms with E-state index in [9.17, 15) is 9.90 Å². The summed E-state index contributed by atoms with van der Waals surface area (Å²) in [5, 5.41) is 14.4. The zero-order chi connectivity index (χ0) is 18.6. The molecule has 0 aliphatic carbocycles. The molecule has 6 heteroatoms. The van der Waals surface area contributed by atoms with Crippen molar-refractivity contribution in [2.45, 2.75) is 46.1 Å². The van der Waals surface area contributed by atoms with Crippen LogP contribution < -0.4 is 0 Å². The van der Waals surface area contributed by atoms with E-state index in [1.54, 1.807) is 4.68 Å². The van der Waals surface area contributed by atoms with E-state index >= 15 is 0 Å². The van der Waals surface area contributed by atoms with Gasteiger partial charge in [0, 0.05) is 25.8 Å². The lowest BCUT2D eigenvalue weighted by Crippen LogP contribution is -2.43. The topological polar surface area (TPSA) is 61.6 Å². The van der Waals surface area contributed by atoms with Gasteiger partial charge in [0.15, 0.2) is 5.69 Å². The fourth-order valence-electron chi connectivity index (χ4n) is 3.93. The average molecular weight is 351 g/mol. The van der Waals surface area contributed by atoms with Crippen molar-refractivity contribution >= 4 is 5.91 Å². The highest BCUT2D eigenvalue weighted by molar-refractivity contribution is 5.93. The van der Waals surface area contributed by atoms with Crippen LogP contribution >= 0.6 is 0 Å². The van der Waals surface area contributed by atoms with Gasteiger partial charge >= 0.3 is 0 Å². The van der Waals surface area contributed by atoms with Gasteiger partial charge in [-0.3, -0.25) is 9.48 Å². The van der Waals surface area contributed by atoms with Crippen LogP contribution in [0.4, 0.5) is 0 Å². The molecule has 0 saturated carbocycles. The Morgan fingerprint density at radius 3 is 2.68 bits per heavy atom. The molecule has 0 aromatic carbocycles. The van der Waals surface area contributed by atoms with E-state index in [0.29, 0.717) is 24.1 Å². The van der Waals surface area contributed by atoms with Crippen LogP contribution in [0.25, 0.3) is 0 Å². The molecule has 1 fully saturated rings. The van der Waals surface area contributed by atoms with E-state index in [0.717, 1.165) is 25.2 Å². The van der Waals surface area contributed by atoms with Gasteiger partial charge < -0.3 is 14.9 Å². The standard InChI is InChI=1S/C19H34N4O2/c1-6-8-9-21(4)12-16-15(7-2)11-23(18(16)13-24)19(25)17-10-14(3)22(5)20-17/h10,15-16,18,24H,6-9,11-13H2,1-5H3/t15-,16-,18-/m1/s1. The summed E-state index contributed by atoms with van der Waals surface area (Å²) in [6.07, 6.45) is 3.38. The molecular formula is C19H34N4O2. The number of hydrogen-bond donors (Lipinski definition) is 1. The van der Waals surface area contributed by atoms with Crippen molar-refractivity contribution in [3.05, 3.63) is 17.5 Å². The first-order valence-electron chi connectivity index (χ1n) is 9.53. The fourth-order valence-corrected chi connectivity index (χ4v) is 3.93. The molecule has 1 amide bonds. The number of hydrogen-bond acceptors (Lipinski definition) is 4. The Hall–Kier alpha value is -1.40. The second-order valence-electron chi connectivity index (χ2n) is 7.45. The number of carbonyl (C=O) groups excluding carboxylic acids is 1. The van der Waals surface area contributed by atoms with Crippen LogP contribution in [0.2, 0.25) is 0 Å². The summed E-state index contributed by atoms with van der Waals surface area (Å²) in [7, 11) is 3.99. The molecule has 2 heterocycles. The Morgan fingerprint density at radius 1 is 1.44 bits per heavy atom. The minimum absolute atomic E-state index is 0.0142. The van der Waals surface area contributed by atoms with Crippen LogP contribution in [-0.2, 0) is 7.05 Å². The molecule has 1 N–H and O–H groups in total. The van der Waals surface area contributed by atoms with Crippen molar-refractivity contribution in [3.8, 4) is 0 Å². The molecule has 2 rings (SSSR count). The van der Waals surface area contributed by atoms with Gasteiger partial charge in [0.1, 0.15) is 0 Å². The number of carbonyl (C=O) groups is 1. The molecular weight excluding hydrogens is 316 g/mol. The Labute approximate surface area is 151 Å². The van der Waals surface area contributed by atoms with Crippen molar-refractivity contribution in [1.29, 1.82) is 0 Å². The van der Waals surface area contributed by atoms with Crippen LogP contribution in [0.5, 0.6) is 0 Å². The molecule has 1 aromatic rings. The second kappa shape index (κ2) is 8.81. The summed E-state index contributed by atoms with van der Waals surface area (Å²) < 4.78 is 1.73. The van der Waals surface area contributed by atoms with E-state index in [1.165, 1.54) is 12.8 Å². The Kier molecular flexibility index (Phi) is 7.02. The van der Waals surface area contributed by atoms with Crippen LogP contribution in [0, 0.1) is 18.8 Å². The number of aromatic nitrogens is 2. The lowest BCUT2D eigenvalue weighted by Gasteiger charge is -2.30. The molecule has 142 valence electrons. The van der Waals surface area contributed by atoms with Gasteiger partial charge in [0.2, 0.25) is 0 Å². The smallest absolute Gasteiger partial charge is 0.274 e. The van der Waals surface area contributed by atoms with Crippen molar-refractivity contribution in [2.75, 3.05) is 33.3 Å². The minimum atomic E-state index is -0.121. The highest BCUT2D eigenvalue weighted by Crippen LogP contribution is 2.33. The SMILES string of the molecule is CCCCN(C)C[C@@H]1[C@H](CC)CN(C(=O)c2cc(C)n(C)n2)[C@@H]1CO.